The van der Waals surface area contributed by atoms with Crippen molar-refractivity contribution < 1.29 is 53.4 Å². The second-order valence-electron chi connectivity index (χ2n) is 2.15. The molecule has 0 aliphatic carbocycles. The SMILES string of the molecule is CCO[P+]([O-])(C=C([O-])C=[N+]=[N-])OCC.[Na+]. The largest absolute Gasteiger partial charge is 1.00 e. The average Bonchev–Trinajstić information content (AvgIpc) is 2.04. The van der Waals surface area contributed by atoms with Gasteiger partial charge in [0.15, 0.2) is 0 Å². The van der Waals surface area contributed by atoms with E-state index in [1.165, 1.54) is 0 Å². The van der Waals surface area contributed by atoms with E-state index in [4.69, 9.17) is 14.6 Å². The molecule has 0 unspecified atom stereocenters. The van der Waals surface area contributed by atoms with Gasteiger partial charge in [-0.1, -0.05) is 0 Å². The Kier molecular flexibility index (Phi) is 11.1. The predicted octanol–water partition coefficient (Wildman–Crippen LogP) is -3.31. The van der Waals surface area contributed by atoms with Crippen LogP contribution in [-0.2, 0) is 9.05 Å². The molecule has 0 aromatic carbocycles. The van der Waals surface area contributed by atoms with Crippen molar-refractivity contribution in [3.05, 3.63) is 17.1 Å². The van der Waals surface area contributed by atoms with Gasteiger partial charge in [-0.3, -0.25) is 0 Å². The Balaban J connectivity index is 0. The van der Waals surface area contributed by atoms with Gasteiger partial charge in [0.1, 0.15) is 5.82 Å². The molecule has 0 rings (SSSR count). The van der Waals surface area contributed by atoms with Gasteiger partial charge < -0.3 is 15.5 Å². The Morgan fingerprint density at radius 1 is 1.40 bits per heavy atom. The maximum atomic E-state index is 11.6. The standard InChI is InChI=1S/C7H13N2O4P.Na/c1-3-12-14(11,13-4-2)6-7(10)5-9-8;/h5-6,10H,3-4H2,1-2H3;/q;+1/p-1. The second kappa shape index (κ2) is 9.46. The van der Waals surface area contributed by atoms with Gasteiger partial charge in [-0.2, -0.15) is 4.79 Å². The van der Waals surface area contributed by atoms with Gasteiger partial charge in [-0.15, -0.1) is 0 Å². The van der Waals surface area contributed by atoms with Crippen molar-refractivity contribution in [1.82, 2.24) is 0 Å². The zero-order chi connectivity index (χ0) is 11.0. The zero-order valence-electron chi connectivity index (χ0n) is 9.04. The molecule has 0 bridgehead atoms. The molecular formula is C7H12N2NaO4P. The monoisotopic (exact) mass is 242 g/mol. The van der Waals surface area contributed by atoms with Crippen LogP contribution in [0.1, 0.15) is 13.8 Å². The van der Waals surface area contributed by atoms with Gasteiger partial charge in [-0.05, 0) is 13.8 Å². The molecule has 0 N–H and O–H groups in total. The Morgan fingerprint density at radius 2 is 1.87 bits per heavy atom. The molecule has 0 radical (unpaired) electrons. The van der Waals surface area contributed by atoms with E-state index < -0.39 is 13.7 Å². The van der Waals surface area contributed by atoms with Crippen LogP contribution in [0.3, 0.4) is 0 Å². The summed E-state index contributed by atoms with van der Waals surface area (Å²) in [6.45, 7) is 3.59. The van der Waals surface area contributed by atoms with E-state index >= 15 is 0 Å². The minimum Gasteiger partial charge on any atom is -0.865 e. The van der Waals surface area contributed by atoms with Crippen LogP contribution >= 0.6 is 7.94 Å². The summed E-state index contributed by atoms with van der Waals surface area (Å²) in [5, 5.41) is 10.9. The molecule has 0 saturated heterocycles. The molecule has 0 fully saturated rings. The summed E-state index contributed by atoms with van der Waals surface area (Å²) in [7, 11) is -3.48. The van der Waals surface area contributed by atoms with Crippen LogP contribution in [0, 0.1) is 0 Å². The summed E-state index contributed by atoms with van der Waals surface area (Å²) in [5.74, 6) is 0.0532. The van der Waals surface area contributed by atoms with Crippen molar-refractivity contribution in [3.8, 4) is 0 Å². The van der Waals surface area contributed by atoms with Crippen molar-refractivity contribution in [2.45, 2.75) is 13.8 Å². The molecule has 0 aliphatic rings. The fourth-order valence-corrected chi connectivity index (χ4v) is 2.04. The van der Waals surface area contributed by atoms with Gasteiger partial charge in [0, 0.05) is 5.76 Å². The van der Waals surface area contributed by atoms with Gasteiger partial charge >= 0.3 is 29.6 Å². The fourth-order valence-electron chi connectivity index (χ4n) is 0.718. The summed E-state index contributed by atoms with van der Waals surface area (Å²) >= 11 is 0. The molecule has 80 valence electrons. The molecule has 0 aliphatic heterocycles. The first-order chi connectivity index (χ1) is 6.58. The van der Waals surface area contributed by atoms with Crippen LogP contribution in [0.2, 0.25) is 0 Å². The molecular weight excluding hydrogens is 230 g/mol. The first-order valence-electron chi connectivity index (χ1n) is 4.04. The fraction of sp³-hybridized carbons (Fsp3) is 0.571. The maximum Gasteiger partial charge on any atom is 1.00 e. The summed E-state index contributed by atoms with van der Waals surface area (Å²) < 4.78 is 9.60. The molecule has 0 saturated carbocycles. The molecule has 0 atom stereocenters. The number of hydrogen-bond acceptors (Lipinski definition) is 4. The first-order valence-corrected chi connectivity index (χ1v) is 5.65. The normalized spacial score (nSPS) is 11.5. The van der Waals surface area contributed by atoms with Crippen LogP contribution in [0.25, 0.3) is 5.53 Å². The first kappa shape index (κ1) is 17.6. The topological polar surface area (TPSA) is 101 Å². The Labute approximate surface area is 111 Å². The minimum absolute atomic E-state index is 0. The summed E-state index contributed by atoms with van der Waals surface area (Å²) in [5.41, 5.74) is 8.05. The number of nitrogens with zero attached hydrogens (tertiary/aromatic N) is 2. The van der Waals surface area contributed by atoms with Crippen LogP contribution in [0.15, 0.2) is 11.6 Å². The van der Waals surface area contributed by atoms with Crippen molar-refractivity contribution in [3.63, 3.8) is 0 Å². The smallest absolute Gasteiger partial charge is 0.865 e. The third-order valence-corrected chi connectivity index (χ3v) is 2.90. The molecule has 0 spiro atoms. The van der Waals surface area contributed by atoms with Gasteiger partial charge in [0.05, 0.1) is 13.2 Å². The van der Waals surface area contributed by atoms with E-state index in [9.17, 15) is 10.00 Å². The van der Waals surface area contributed by atoms with Gasteiger partial charge in [-0.25, -0.2) is 9.05 Å². The van der Waals surface area contributed by atoms with E-state index in [2.05, 4.69) is 4.79 Å². The number of allylic oxidation sites excluding steroid dienone is 1. The molecule has 15 heavy (non-hydrogen) atoms. The van der Waals surface area contributed by atoms with Crippen molar-refractivity contribution >= 4 is 14.2 Å². The Bertz CT molecular complexity index is 249. The number of hydrogen-bond donors (Lipinski definition) is 0. The molecule has 0 aromatic rings. The van der Waals surface area contributed by atoms with Crippen molar-refractivity contribution in [2.75, 3.05) is 13.2 Å². The third-order valence-electron chi connectivity index (χ3n) is 1.09. The molecule has 0 amide bonds. The van der Waals surface area contributed by atoms with Crippen LogP contribution in [-0.4, -0.2) is 24.2 Å². The molecule has 6 nitrogen and oxygen atoms in total. The van der Waals surface area contributed by atoms with E-state index in [-0.39, 0.29) is 42.8 Å². The van der Waals surface area contributed by atoms with E-state index in [0.29, 0.717) is 6.21 Å². The predicted molar refractivity (Wildman–Crippen MR) is 47.9 cm³/mol. The second-order valence-corrected chi connectivity index (χ2v) is 4.01. The number of rotatable bonds is 6. The average molecular weight is 242 g/mol. The van der Waals surface area contributed by atoms with Gasteiger partial charge in [0.25, 0.3) is 14.2 Å². The Morgan fingerprint density at radius 3 is 2.20 bits per heavy atom. The molecule has 8 heteroatoms. The summed E-state index contributed by atoms with van der Waals surface area (Å²) in [4.78, 5) is 14.1. The van der Waals surface area contributed by atoms with E-state index in [0.717, 1.165) is 5.82 Å². The van der Waals surface area contributed by atoms with Crippen LogP contribution < -0.4 is 39.6 Å². The van der Waals surface area contributed by atoms with E-state index in [1.54, 1.807) is 13.8 Å². The van der Waals surface area contributed by atoms with Crippen LogP contribution in [0.4, 0.5) is 0 Å². The Hall–Kier alpha value is 0.230. The van der Waals surface area contributed by atoms with E-state index in [1.807, 2.05) is 0 Å². The van der Waals surface area contributed by atoms with Crippen molar-refractivity contribution in [1.29, 1.82) is 0 Å². The zero-order valence-corrected chi connectivity index (χ0v) is 11.9. The maximum absolute atomic E-state index is 11.6. The van der Waals surface area contributed by atoms with Gasteiger partial charge in [0.2, 0.25) is 0 Å². The van der Waals surface area contributed by atoms with Crippen molar-refractivity contribution in [2.24, 2.45) is 0 Å². The summed E-state index contributed by atoms with van der Waals surface area (Å²) in [6.07, 6.45) is 0.616. The third kappa shape index (κ3) is 8.08. The molecule has 0 heterocycles. The molecule has 0 aromatic heterocycles. The minimum atomic E-state index is -3.48. The van der Waals surface area contributed by atoms with Crippen LogP contribution in [0.5, 0.6) is 0 Å². The quantitative estimate of drug-likeness (QED) is 0.121. The summed E-state index contributed by atoms with van der Waals surface area (Å²) in [6, 6.07) is 0.